The number of hydrogen-bond acceptors (Lipinski definition) is 7. The number of nitro benzene ring substituents is 1. The molecular weight excluding hydrogens is 468 g/mol. The molecule has 2 amide bonds. The summed E-state index contributed by atoms with van der Waals surface area (Å²) in [6.45, 7) is 5.78. The topological polar surface area (TPSA) is 132 Å². The molecule has 1 heterocycles. The second-order valence-electron chi connectivity index (χ2n) is 8.39. The van der Waals surface area contributed by atoms with Gasteiger partial charge in [0.25, 0.3) is 11.6 Å². The average molecular weight is 497 g/mol. The van der Waals surface area contributed by atoms with Gasteiger partial charge in [-0.3, -0.25) is 19.7 Å². The van der Waals surface area contributed by atoms with Gasteiger partial charge in [-0.2, -0.15) is 0 Å². The van der Waals surface area contributed by atoms with Crippen LogP contribution in [0.25, 0.3) is 0 Å². The van der Waals surface area contributed by atoms with E-state index in [-0.39, 0.29) is 34.9 Å². The van der Waals surface area contributed by atoms with Crippen molar-refractivity contribution in [2.75, 3.05) is 5.75 Å². The molecule has 0 aliphatic carbocycles. The van der Waals surface area contributed by atoms with Crippen LogP contribution in [-0.2, 0) is 11.8 Å². The van der Waals surface area contributed by atoms with E-state index in [9.17, 15) is 19.7 Å². The molecule has 3 aromatic rings. The van der Waals surface area contributed by atoms with Gasteiger partial charge < -0.3 is 15.2 Å². The predicted molar refractivity (Wildman–Crippen MR) is 133 cm³/mol. The molecule has 0 aliphatic heterocycles. The van der Waals surface area contributed by atoms with E-state index >= 15 is 0 Å². The lowest BCUT2D eigenvalue weighted by molar-refractivity contribution is -0.384. The molecule has 2 aromatic carbocycles. The SMILES string of the molecule is CC(C)[C@H](NC(=O)c1cccc([N+](=O)[O-])c1)c1nnc(SCC(=O)N[C@@H](C)c2ccccc2)n1C. The van der Waals surface area contributed by atoms with Crippen LogP contribution in [0, 0.1) is 16.0 Å². The number of amides is 2. The lowest BCUT2D eigenvalue weighted by atomic mass is 10.0. The van der Waals surface area contributed by atoms with E-state index in [1.54, 1.807) is 11.6 Å². The molecule has 0 fully saturated rings. The summed E-state index contributed by atoms with van der Waals surface area (Å²) < 4.78 is 1.75. The Balaban J connectivity index is 1.66. The van der Waals surface area contributed by atoms with Crippen LogP contribution in [0.1, 0.15) is 54.6 Å². The number of carbonyl (C=O) groups excluding carboxylic acids is 2. The fourth-order valence-corrected chi connectivity index (χ4v) is 4.20. The van der Waals surface area contributed by atoms with Crippen molar-refractivity contribution >= 4 is 29.3 Å². The molecule has 0 radical (unpaired) electrons. The molecular formula is C24H28N6O4S. The number of carbonyl (C=O) groups is 2. The summed E-state index contributed by atoms with van der Waals surface area (Å²) in [6.07, 6.45) is 0. The van der Waals surface area contributed by atoms with Crippen molar-refractivity contribution < 1.29 is 14.5 Å². The lowest BCUT2D eigenvalue weighted by Gasteiger charge is -2.21. The van der Waals surface area contributed by atoms with Crippen molar-refractivity contribution in [3.8, 4) is 0 Å². The third kappa shape index (κ3) is 6.66. The summed E-state index contributed by atoms with van der Waals surface area (Å²) in [6, 6.07) is 14.7. The monoisotopic (exact) mass is 496 g/mol. The summed E-state index contributed by atoms with van der Waals surface area (Å²) in [5.74, 6) is 0.0807. The van der Waals surface area contributed by atoms with Gasteiger partial charge in [0.1, 0.15) is 0 Å². The molecule has 0 unspecified atom stereocenters. The Bertz CT molecular complexity index is 1200. The van der Waals surface area contributed by atoms with Gasteiger partial charge in [-0.25, -0.2) is 0 Å². The van der Waals surface area contributed by atoms with E-state index in [2.05, 4.69) is 20.8 Å². The molecule has 10 nitrogen and oxygen atoms in total. The van der Waals surface area contributed by atoms with Gasteiger partial charge in [-0.05, 0) is 24.5 Å². The maximum atomic E-state index is 12.8. The predicted octanol–water partition coefficient (Wildman–Crippen LogP) is 3.82. The Kier molecular flexibility index (Phi) is 8.58. The quantitative estimate of drug-likeness (QED) is 0.248. The van der Waals surface area contributed by atoms with Crippen LogP contribution < -0.4 is 10.6 Å². The van der Waals surface area contributed by atoms with E-state index in [0.717, 1.165) is 5.56 Å². The molecule has 0 bridgehead atoms. The van der Waals surface area contributed by atoms with Crippen molar-refractivity contribution in [3.05, 3.63) is 81.7 Å². The van der Waals surface area contributed by atoms with Gasteiger partial charge in [0.2, 0.25) is 5.91 Å². The fourth-order valence-electron chi connectivity index (χ4n) is 3.48. The first kappa shape index (κ1) is 25.9. The summed E-state index contributed by atoms with van der Waals surface area (Å²) in [5, 5.41) is 25.9. The van der Waals surface area contributed by atoms with Crippen molar-refractivity contribution in [1.29, 1.82) is 0 Å². The Morgan fingerprint density at radius 2 is 1.77 bits per heavy atom. The highest BCUT2D eigenvalue weighted by Gasteiger charge is 2.26. The van der Waals surface area contributed by atoms with Gasteiger partial charge in [-0.1, -0.05) is 62.0 Å². The van der Waals surface area contributed by atoms with Crippen molar-refractivity contribution in [2.45, 2.75) is 38.0 Å². The van der Waals surface area contributed by atoms with Crippen LogP contribution in [0.2, 0.25) is 0 Å². The van der Waals surface area contributed by atoms with Crippen LogP contribution in [0.15, 0.2) is 59.8 Å². The molecule has 3 rings (SSSR count). The molecule has 35 heavy (non-hydrogen) atoms. The van der Waals surface area contributed by atoms with Crippen LogP contribution >= 0.6 is 11.8 Å². The minimum atomic E-state index is -0.542. The van der Waals surface area contributed by atoms with Gasteiger partial charge in [0.15, 0.2) is 11.0 Å². The fraction of sp³-hybridized carbons (Fsp3) is 0.333. The molecule has 2 N–H and O–H groups in total. The average Bonchev–Trinajstić information content (AvgIpc) is 3.21. The van der Waals surface area contributed by atoms with Crippen molar-refractivity contribution in [2.24, 2.45) is 13.0 Å². The first-order valence-corrected chi connectivity index (χ1v) is 12.1. The summed E-state index contributed by atoms with van der Waals surface area (Å²) in [5.41, 5.74) is 1.05. The molecule has 1 aromatic heterocycles. The summed E-state index contributed by atoms with van der Waals surface area (Å²) >= 11 is 1.25. The number of hydrogen-bond donors (Lipinski definition) is 2. The minimum absolute atomic E-state index is 0.0339. The van der Waals surface area contributed by atoms with Gasteiger partial charge in [0, 0.05) is 24.7 Å². The third-order valence-electron chi connectivity index (χ3n) is 5.43. The largest absolute Gasteiger partial charge is 0.349 e. The molecule has 2 atom stereocenters. The Labute approximate surface area is 207 Å². The highest BCUT2D eigenvalue weighted by molar-refractivity contribution is 7.99. The van der Waals surface area contributed by atoms with Crippen LogP contribution in [-0.4, -0.2) is 37.3 Å². The smallest absolute Gasteiger partial charge is 0.270 e. The maximum absolute atomic E-state index is 12.8. The molecule has 11 heteroatoms. The zero-order valence-corrected chi connectivity index (χ0v) is 20.8. The van der Waals surface area contributed by atoms with Crippen LogP contribution in [0.3, 0.4) is 0 Å². The number of non-ortho nitro benzene ring substituents is 1. The van der Waals surface area contributed by atoms with E-state index in [4.69, 9.17) is 0 Å². The van der Waals surface area contributed by atoms with E-state index < -0.39 is 16.9 Å². The first-order valence-electron chi connectivity index (χ1n) is 11.1. The zero-order valence-electron chi connectivity index (χ0n) is 20.0. The maximum Gasteiger partial charge on any atom is 0.270 e. The van der Waals surface area contributed by atoms with Crippen molar-refractivity contribution in [1.82, 2.24) is 25.4 Å². The molecule has 0 aliphatic rings. The number of thioether (sulfide) groups is 1. The highest BCUT2D eigenvalue weighted by Crippen LogP contribution is 2.25. The molecule has 0 spiro atoms. The zero-order chi connectivity index (χ0) is 25.5. The Morgan fingerprint density at radius 3 is 2.43 bits per heavy atom. The Morgan fingerprint density at radius 1 is 1.06 bits per heavy atom. The summed E-state index contributed by atoms with van der Waals surface area (Å²) in [7, 11) is 1.77. The van der Waals surface area contributed by atoms with Crippen molar-refractivity contribution in [3.63, 3.8) is 0 Å². The lowest BCUT2D eigenvalue weighted by Crippen LogP contribution is -2.33. The van der Waals surface area contributed by atoms with Crippen LogP contribution in [0.4, 0.5) is 5.69 Å². The minimum Gasteiger partial charge on any atom is -0.349 e. The number of nitro groups is 1. The first-order chi connectivity index (χ1) is 16.7. The molecule has 0 saturated heterocycles. The van der Waals surface area contributed by atoms with E-state index in [1.807, 2.05) is 51.1 Å². The standard InChI is InChI=1S/C24H28N6O4S/c1-15(2)21(26-23(32)18-11-8-12-19(13-18)30(33)34)22-27-28-24(29(22)4)35-14-20(31)25-16(3)17-9-6-5-7-10-17/h5-13,15-16,21H,14H2,1-4H3,(H,25,31)(H,26,32)/t16-,21-/m0/s1. The normalized spacial score (nSPS) is 12.7. The van der Waals surface area contributed by atoms with Gasteiger partial charge in [-0.15, -0.1) is 10.2 Å². The summed E-state index contributed by atoms with van der Waals surface area (Å²) in [4.78, 5) is 35.8. The number of aromatic nitrogens is 3. The second kappa shape index (κ2) is 11.6. The number of nitrogens with one attached hydrogen (secondary N) is 2. The number of nitrogens with zero attached hydrogens (tertiary/aromatic N) is 4. The van der Waals surface area contributed by atoms with Gasteiger partial charge >= 0.3 is 0 Å². The molecule has 0 saturated carbocycles. The number of rotatable bonds is 10. The van der Waals surface area contributed by atoms with Crippen LogP contribution in [0.5, 0.6) is 0 Å². The third-order valence-corrected chi connectivity index (χ3v) is 6.45. The van der Waals surface area contributed by atoms with Gasteiger partial charge in [0.05, 0.1) is 22.8 Å². The number of benzene rings is 2. The second-order valence-corrected chi connectivity index (χ2v) is 9.33. The molecule has 184 valence electrons. The van der Waals surface area contributed by atoms with E-state index in [1.165, 1.54) is 36.0 Å². The highest BCUT2D eigenvalue weighted by atomic mass is 32.2. The Hall–Kier alpha value is -3.73. The van der Waals surface area contributed by atoms with E-state index in [0.29, 0.717) is 11.0 Å².